The number of hydrogen-bond acceptors (Lipinski definition) is 6. The summed E-state index contributed by atoms with van der Waals surface area (Å²) in [5.41, 5.74) is 5.07. The molecule has 2 N–H and O–H groups in total. The predicted molar refractivity (Wildman–Crippen MR) is 113 cm³/mol. The van der Waals surface area contributed by atoms with Gasteiger partial charge in [0.1, 0.15) is 10.1 Å². The van der Waals surface area contributed by atoms with Gasteiger partial charge in [-0.2, -0.15) is 0 Å². The van der Waals surface area contributed by atoms with Crippen LogP contribution in [0.25, 0.3) is 6.08 Å². The van der Waals surface area contributed by atoms with Crippen molar-refractivity contribution in [1.29, 1.82) is 0 Å². The van der Waals surface area contributed by atoms with Gasteiger partial charge in [-0.15, -0.1) is 0 Å². The zero-order chi connectivity index (χ0) is 20.1. The molecule has 0 radical (unpaired) electrons. The molecule has 1 aromatic carbocycles. The number of thiocarbonyl (C=S) groups is 1. The molecule has 28 heavy (non-hydrogen) atoms. The van der Waals surface area contributed by atoms with Crippen LogP contribution in [0.4, 0.5) is 0 Å². The summed E-state index contributed by atoms with van der Waals surface area (Å²) in [5, 5.41) is 0. The largest absolute Gasteiger partial charge is 0.465 e. The second kappa shape index (κ2) is 9.18. The lowest BCUT2D eigenvalue weighted by Crippen LogP contribution is -2.43. The van der Waals surface area contributed by atoms with Crippen LogP contribution < -0.4 is 10.9 Å². The Labute approximate surface area is 178 Å². The fourth-order valence-electron chi connectivity index (χ4n) is 2.27. The van der Waals surface area contributed by atoms with Crippen molar-refractivity contribution in [3.8, 4) is 0 Å². The molecule has 2 aromatic rings. The zero-order valence-electron chi connectivity index (χ0n) is 14.3. The van der Waals surface area contributed by atoms with Crippen molar-refractivity contribution in [3.63, 3.8) is 0 Å². The summed E-state index contributed by atoms with van der Waals surface area (Å²) in [6.07, 6.45) is 3.11. The van der Waals surface area contributed by atoms with Gasteiger partial charge in [0.05, 0.1) is 11.2 Å². The van der Waals surface area contributed by atoms with Gasteiger partial charge >= 0.3 is 0 Å². The minimum absolute atomic E-state index is 0.0128. The molecule has 0 saturated carbocycles. The van der Waals surface area contributed by atoms with Crippen LogP contribution in [0, 0.1) is 0 Å². The number of carbonyl (C=O) groups excluding carboxylic acids is 3. The second-order valence-electron chi connectivity index (χ2n) is 5.61. The number of halogens is 1. The molecule has 0 atom stereocenters. The summed E-state index contributed by atoms with van der Waals surface area (Å²) in [6.45, 7) is 0.111. The van der Waals surface area contributed by atoms with Crippen molar-refractivity contribution in [2.75, 3.05) is 6.54 Å². The maximum atomic E-state index is 12.4. The standard InChI is InChI=1S/C18H14BrN3O4S2/c19-12-5-3-11(4-6-12)16(24)21-20-15(23)7-8-22-17(25)14(28-18(22)27)10-13-2-1-9-26-13/h1-6,9-10H,7-8H2,(H,20,23)(H,21,24)/b14-10+. The molecule has 2 heterocycles. The lowest BCUT2D eigenvalue weighted by molar-refractivity contribution is -0.124. The minimum atomic E-state index is -0.437. The number of furan rings is 1. The average molecular weight is 480 g/mol. The summed E-state index contributed by atoms with van der Waals surface area (Å²) in [4.78, 5) is 38.2. The molecule has 1 fully saturated rings. The molecule has 1 aliphatic rings. The molecule has 7 nitrogen and oxygen atoms in total. The third-order valence-electron chi connectivity index (χ3n) is 3.67. The van der Waals surface area contributed by atoms with Gasteiger partial charge in [-0.3, -0.25) is 30.1 Å². The van der Waals surface area contributed by atoms with Crippen molar-refractivity contribution in [1.82, 2.24) is 15.8 Å². The fourth-order valence-corrected chi connectivity index (χ4v) is 3.82. The van der Waals surface area contributed by atoms with Crippen LogP contribution in [0.1, 0.15) is 22.5 Å². The van der Waals surface area contributed by atoms with Crippen LogP contribution in [-0.4, -0.2) is 33.5 Å². The lowest BCUT2D eigenvalue weighted by Gasteiger charge is -2.14. The summed E-state index contributed by atoms with van der Waals surface area (Å²) in [6, 6.07) is 10.1. The van der Waals surface area contributed by atoms with Gasteiger partial charge in [0.2, 0.25) is 5.91 Å². The molecule has 3 rings (SSSR count). The minimum Gasteiger partial charge on any atom is -0.465 e. The highest BCUT2D eigenvalue weighted by atomic mass is 79.9. The van der Waals surface area contributed by atoms with Crippen LogP contribution in [0.5, 0.6) is 0 Å². The summed E-state index contributed by atoms with van der Waals surface area (Å²) >= 11 is 9.65. The van der Waals surface area contributed by atoms with E-state index in [9.17, 15) is 14.4 Å². The molecule has 3 amide bonds. The van der Waals surface area contributed by atoms with Gasteiger partial charge < -0.3 is 4.42 Å². The first-order valence-electron chi connectivity index (χ1n) is 8.07. The maximum absolute atomic E-state index is 12.4. The molecule has 144 valence electrons. The normalized spacial score (nSPS) is 15.2. The van der Waals surface area contributed by atoms with Crippen molar-refractivity contribution >= 4 is 68.0 Å². The van der Waals surface area contributed by atoms with Crippen LogP contribution in [0.2, 0.25) is 0 Å². The number of thioether (sulfide) groups is 1. The van der Waals surface area contributed by atoms with E-state index in [0.29, 0.717) is 20.5 Å². The molecule has 1 aliphatic heterocycles. The number of amides is 3. The topological polar surface area (TPSA) is 91.7 Å². The van der Waals surface area contributed by atoms with Crippen molar-refractivity contribution in [2.24, 2.45) is 0 Å². The third kappa shape index (κ3) is 5.09. The Morgan fingerprint density at radius 2 is 1.96 bits per heavy atom. The Morgan fingerprint density at radius 1 is 1.21 bits per heavy atom. The summed E-state index contributed by atoms with van der Waals surface area (Å²) < 4.78 is 6.41. The third-order valence-corrected chi connectivity index (χ3v) is 5.58. The Kier molecular flexibility index (Phi) is 6.65. The van der Waals surface area contributed by atoms with E-state index in [4.69, 9.17) is 16.6 Å². The van der Waals surface area contributed by atoms with E-state index in [0.717, 1.165) is 16.2 Å². The Hall–Kier alpha value is -2.43. The maximum Gasteiger partial charge on any atom is 0.269 e. The van der Waals surface area contributed by atoms with Gasteiger partial charge in [-0.05, 0) is 36.4 Å². The first kappa shape index (κ1) is 20.3. The molecule has 1 aromatic heterocycles. The monoisotopic (exact) mass is 479 g/mol. The summed E-state index contributed by atoms with van der Waals surface area (Å²) in [5.74, 6) is -0.602. The molecule has 0 aliphatic carbocycles. The van der Waals surface area contributed by atoms with E-state index in [2.05, 4.69) is 26.8 Å². The van der Waals surface area contributed by atoms with Crippen molar-refractivity contribution < 1.29 is 18.8 Å². The Bertz CT molecular complexity index is 942. The first-order valence-corrected chi connectivity index (χ1v) is 10.1. The predicted octanol–water partition coefficient (Wildman–Crippen LogP) is 3.09. The van der Waals surface area contributed by atoms with Crippen molar-refractivity contribution in [2.45, 2.75) is 6.42 Å². The number of carbonyl (C=O) groups is 3. The Balaban J connectivity index is 1.49. The quantitative estimate of drug-likeness (QED) is 0.388. The highest BCUT2D eigenvalue weighted by Crippen LogP contribution is 2.32. The second-order valence-corrected chi connectivity index (χ2v) is 8.20. The first-order chi connectivity index (χ1) is 13.4. The van der Waals surface area contributed by atoms with E-state index < -0.39 is 11.8 Å². The number of rotatable bonds is 5. The molecule has 0 unspecified atom stereocenters. The fraction of sp³-hybridized carbons (Fsp3) is 0.111. The number of benzene rings is 1. The zero-order valence-corrected chi connectivity index (χ0v) is 17.5. The van der Waals surface area contributed by atoms with Crippen LogP contribution in [0.3, 0.4) is 0 Å². The van der Waals surface area contributed by atoms with E-state index in [1.807, 2.05) is 0 Å². The molecular formula is C18H14BrN3O4S2. The number of nitrogens with zero attached hydrogens (tertiary/aromatic N) is 1. The molecule has 0 spiro atoms. The van der Waals surface area contributed by atoms with E-state index in [-0.39, 0.29) is 18.9 Å². The average Bonchev–Trinajstić information content (AvgIpc) is 3.27. The van der Waals surface area contributed by atoms with Crippen LogP contribution in [-0.2, 0) is 9.59 Å². The Morgan fingerprint density at radius 3 is 2.64 bits per heavy atom. The molecule has 10 heteroatoms. The van der Waals surface area contributed by atoms with Gasteiger partial charge in [0.25, 0.3) is 11.8 Å². The smallest absolute Gasteiger partial charge is 0.269 e. The van der Waals surface area contributed by atoms with Crippen LogP contribution in [0.15, 0.2) is 56.5 Å². The van der Waals surface area contributed by atoms with E-state index >= 15 is 0 Å². The highest BCUT2D eigenvalue weighted by molar-refractivity contribution is 9.10. The SMILES string of the molecule is O=C(CCN1C(=O)/C(=C\c2ccco2)SC1=S)NNC(=O)c1ccc(Br)cc1. The van der Waals surface area contributed by atoms with Gasteiger partial charge in [0, 0.05) is 29.1 Å². The number of hydrogen-bond donors (Lipinski definition) is 2. The molecule has 0 bridgehead atoms. The number of hydrazine groups is 1. The van der Waals surface area contributed by atoms with Gasteiger partial charge in [-0.25, -0.2) is 0 Å². The van der Waals surface area contributed by atoms with E-state index in [1.54, 1.807) is 42.5 Å². The highest BCUT2D eigenvalue weighted by Gasteiger charge is 2.32. The van der Waals surface area contributed by atoms with E-state index in [1.165, 1.54) is 11.2 Å². The van der Waals surface area contributed by atoms with Gasteiger partial charge in [-0.1, -0.05) is 39.9 Å². The molecular weight excluding hydrogens is 466 g/mol. The number of nitrogens with one attached hydrogen (secondary N) is 2. The molecule has 1 saturated heterocycles. The summed E-state index contributed by atoms with van der Waals surface area (Å²) in [7, 11) is 0. The lowest BCUT2D eigenvalue weighted by atomic mass is 10.2. The van der Waals surface area contributed by atoms with Crippen molar-refractivity contribution in [3.05, 3.63) is 63.4 Å². The van der Waals surface area contributed by atoms with Gasteiger partial charge in [0.15, 0.2) is 0 Å². The van der Waals surface area contributed by atoms with Crippen LogP contribution >= 0.6 is 39.9 Å².